The van der Waals surface area contributed by atoms with E-state index in [-0.39, 0.29) is 11.1 Å². The number of hydrogen-bond donors (Lipinski definition) is 2. The predicted octanol–water partition coefficient (Wildman–Crippen LogP) is 0.669. The highest BCUT2D eigenvalue weighted by molar-refractivity contribution is 6.21. The SMILES string of the molecule is CC(C)(C)OC(=O)N[C@@H](CO)C(=O)OCN1C(=O)c2ccccc2C1=O. The number of nitrogens with zero attached hydrogens (tertiary/aromatic N) is 1. The van der Waals surface area contributed by atoms with Crippen molar-refractivity contribution in [3.05, 3.63) is 35.4 Å². The molecule has 1 aromatic rings. The summed E-state index contributed by atoms with van der Waals surface area (Å²) in [5.74, 6) is -2.17. The van der Waals surface area contributed by atoms with Crippen molar-refractivity contribution in [2.45, 2.75) is 32.4 Å². The zero-order valence-electron chi connectivity index (χ0n) is 14.6. The topological polar surface area (TPSA) is 122 Å². The lowest BCUT2D eigenvalue weighted by Gasteiger charge is -2.22. The van der Waals surface area contributed by atoms with E-state index in [0.29, 0.717) is 0 Å². The van der Waals surface area contributed by atoms with Crippen LogP contribution in [0.5, 0.6) is 0 Å². The Morgan fingerprint density at radius 1 is 1.15 bits per heavy atom. The second kappa shape index (κ2) is 7.52. The smallest absolute Gasteiger partial charge is 0.408 e. The first kappa shape index (κ1) is 19.4. The van der Waals surface area contributed by atoms with Gasteiger partial charge in [0.1, 0.15) is 5.60 Å². The van der Waals surface area contributed by atoms with Crippen LogP contribution < -0.4 is 5.32 Å². The fraction of sp³-hybridized carbons (Fsp3) is 0.412. The van der Waals surface area contributed by atoms with Gasteiger partial charge in [-0.15, -0.1) is 0 Å². The molecule has 140 valence electrons. The molecule has 0 saturated heterocycles. The number of carbonyl (C=O) groups is 4. The number of ether oxygens (including phenoxy) is 2. The van der Waals surface area contributed by atoms with Crippen molar-refractivity contribution in [1.82, 2.24) is 10.2 Å². The van der Waals surface area contributed by atoms with Crippen molar-refractivity contribution in [2.24, 2.45) is 0 Å². The van der Waals surface area contributed by atoms with Crippen molar-refractivity contribution in [2.75, 3.05) is 13.3 Å². The third-order valence-electron chi connectivity index (χ3n) is 3.37. The molecule has 1 heterocycles. The molecule has 0 radical (unpaired) electrons. The summed E-state index contributed by atoms with van der Waals surface area (Å²) in [5.41, 5.74) is -0.341. The van der Waals surface area contributed by atoms with Crippen LogP contribution in [0.25, 0.3) is 0 Å². The Labute approximate surface area is 149 Å². The first-order valence-corrected chi connectivity index (χ1v) is 7.86. The fourth-order valence-electron chi connectivity index (χ4n) is 2.21. The lowest BCUT2D eigenvalue weighted by molar-refractivity contribution is -0.149. The molecule has 2 rings (SSSR count). The summed E-state index contributed by atoms with van der Waals surface area (Å²) in [6, 6.07) is 4.84. The highest BCUT2D eigenvalue weighted by atomic mass is 16.6. The largest absolute Gasteiger partial charge is 0.444 e. The maximum atomic E-state index is 12.2. The van der Waals surface area contributed by atoms with E-state index in [1.54, 1.807) is 32.9 Å². The number of aliphatic hydroxyl groups excluding tert-OH is 1. The Balaban J connectivity index is 1.94. The molecule has 0 unspecified atom stereocenters. The number of alkyl carbamates (subject to hydrolysis) is 1. The molecule has 0 saturated carbocycles. The van der Waals surface area contributed by atoms with Crippen LogP contribution in [0.4, 0.5) is 4.79 Å². The lowest BCUT2D eigenvalue weighted by atomic mass is 10.1. The number of imide groups is 1. The highest BCUT2D eigenvalue weighted by Crippen LogP contribution is 2.22. The van der Waals surface area contributed by atoms with Crippen LogP contribution in [0.1, 0.15) is 41.5 Å². The minimum absolute atomic E-state index is 0.221. The molecule has 3 amide bonds. The first-order chi connectivity index (χ1) is 12.1. The van der Waals surface area contributed by atoms with Crippen molar-refractivity contribution in [3.63, 3.8) is 0 Å². The summed E-state index contributed by atoms with van der Waals surface area (Å²) in [4.78, 5) is 48.8. The third kappa shape index (κ3) is 4.37. The Hall–Kier alpha value is -2.94. The highest BCUT2D eigenvalue weighted by Gasteiger charge is 2.36. The third-order valence-corrected chi connectivity index (χ3v) is 3.37. The molecule has 1 aliphatic rings. The zero-order chi connectivity index (χ0) is 19.5. The predicted molar refractivity (Wildman–Crippen MR) is 88.1 cm³/mol. The van der Waals surface area contributed by atoms with Gasteiger partial charge in [-0.3, -0.25) is 9.59 Å². The summed E-state index contributed by atoms with van der Waals surface area (Å²) in [7, 11) is 0. The quantitative estimate of drug-likeness (QED) is 0.581. The van der Waals surface area contributed by atoms with Crippen LogP contribution in [0.15, 0.2) is 24.3 Å². The van der Waals surface area contributed by atoms with Gasteiger partial charge in [-0.05, 0) is 32.9 Å². The van der Waals surface area contributed by atoms with Gasteiger partial charge in [-0.2, -0.15) is 0 Å². The second-order valence-corrected chi connectivity index (χ2v) is 6.56. The van der Waals surface area contributed by atoms with E-state index in [1.165, 1.54) is 12.1 Å². The normalized spacial score (nSPS) is 14.7. The molecule has 2 N–H and O–H groups in total. The molecule has 0 bridgehead atoms. The molecule has 1 aromatic carbocycles. The average molecular weight is 364 g/mol. The fourth-order valence-corrected chi connectivity index (χ4v) is 2.21. The summed E-state index contributed by atoms with van der Waals surface area (Å²) in [6.45, 7) is 3.56. The van der Waals surface area contributed by atoms with Crippen LogP contribution in [0.3, 0.4) is 0 Å². The second-order valence-electron chi connectivity index (χ2n) is 6.56. The first-order valence-electron chi connectivity index (χ1n) is 7.86. The molecule has 0 aliphatic carbocycles. The van der Waals surface area contributed by atoms with Crippen molar-refractivity contribution < 1.29 is 33.8 Å². The van der Waals surface area contributed by atoms with Crippen LogP contribution in [0, 0.1) is 0 Å². The van der Waals surface area contributed by atoms with Gasteiger partial charge in [0, 0.05) is 0 Å². The molecule has 0 fully saturated rings. The van der Waals surface area contributed by atoms with E-state index in [9.17, 15) is 24.3 Å². The number of aliphatic hydroxyl groups is 1. The number of hydrogen-bond acceptors (Lipinski definition) is 7. The monoisotopic (exact) mass is 364 g/mol. The average Bonchev–Trinajstić information content (AvgIpc) is 2.80. The minimum atomic E-state index is -1.39. The Bertz CT molecular complexity index is 704. The zero-order valence-corrected chi connectivity index (χ0v) is 14.6. The van der Waals surface area contributed by atoms with Gasteiger partial charge in [0.25, 0.3) is 11.8 Å². The van der Waals surface area contributed by atoms with Gasteiger partial charge in [0.15, 0.2) is 12.8 Å². The molecule has 0 spiro atoms. The Kier molecular flexibility index (Phi) is 5.61. The lowest BCUT2D eigenvalue weighted by Crippen LogP contribution is -2.47. The van der Waals surface area contributed by atoms with Crippen LogP contribution >= 0.6 is 0 Å². The van der Waals surface area contributed by atoms with Gasteiger partial charge in [0.05, 0.1) is 17.7 Å². The van der Waals surface area contributed by atoms with Gasteiger partial charge in [-0.1, -0.05) is 12.1 Å². The van der Waals surface area contributed by atoms with E-state index in [2.05, 4.69) is 5.32 Å². The molecule has 1 atom stereocenters. The standard InChI is InChI=1S/C17H20N2O7/c1-17(2,3)26-16(24)18-12(8-20)15(23)25-9-19-13(21)10-6-4-5-7-11(10)14(19)22/h4-7,12,20H,8-9H2,1-3H3,(H,18,24)/t12-/m0/s1. The van der Waals surface area contributed by atoms with Crippen molar-refractivity contribution >= 4 is 23.9 Å². The van der Waals surface area contributed by atoms with E-state index in [1.807, 2.05) is 0 Å². The molecule has 0 aromatic heterocycles. The van der Waals surface area contributed by atoms with Crippen molar-refractivity contribution in [3.8, 4) is 0 Å². The van der Waals surface area contributed by atoms with Gasteiger partial charge >= 0.3 is 12.1 Å². The molecular formula is C17H20N2O7. The number of nitrogens with one attached hydrogen (secondary N) is 1. The number of amides is 3. The van der Waals surface area contributed by atoms with E-state index < -0.39 is 48.9 Å². The number of carbonyl (C=O) groups excluding carboxylic acids is 4. The van der Waals surface area contributed by atoms with Crippen LogP contribution in [-0.2, 0) is 14.3 Å². The Morgan fingerprint density at radius 2 is 1.69 bits per heavy atom. The number of esters is 1. The van der Waals surface area contributed by atoms with Crippen LogP contribution in [0.2, 0.25) is 0 Å². The number of fused-ring (bicyclic) bond motifs is 1. The molecular weight excluding hydrogens is 344 g/mol. The van der Waals surface area contributed by atoms with E-state index >= 15 is 0 Å². The summed E-state index contributed by atoms with van der Waals surface area (Å²) < 4.78 is 9.88. The van der Waals surface area contributed by atoms with Gasteiger partial charge < -0.3 is 19.9 Å². The minimum Gasteiger partial charge on any atom is -0.444 e. The van der Waals surface area contributed by atoms with Crippen molar-refractivity contribution in [1.29, 1.82) is 0 Å². The summed E-state index contributed by atoms with van der Waals surface area (Å²) in [5, 5.41) is 11.4. The molecule has 26 heavy (non-hydrogen) atoms. The Morgan fingerprint density at radius 3 is 2.15 bits per heavy atom. The van der Waals surface area contributed by atoms with E-state index in [4.69, 9.17) is 9.47 Å². The number of benzene rings is 1. The van der Waals surface area contributed by atoms with Gasteiger partial charge in [0.2, 0.25) is 0 Å². The molecule has 9 nitrogen and oxygen atoms in total. The number of rotatable bonds is 5. The van der Waals surface area contributed by atoms with Gasteiger partial charge in [-0.25, -0.2) is 14.5 Å². The molecule has 1 aliphatic heterocycles. The maximum Gasteiger partial charge on any atom is 0.408 e. The van der Waals surface area contributed by atoms with E-state index in [0.717, 1.165) is 4.90 Å². The summed E-state index contributed by atoms with van der Waals surface area (Å²) >= 11 is 0. The molecule has 9 heteroatoms. The summed E-state index contributed by atoms with van der Waals surface area (Å²) in [6.07, 6.45) is -0.908. The van der Waals surface area contributed by atoms with Crippen LogP contribution in [-0.4, -0.2) is 58.9 Å². The maximum absolute atomic E-state index is 12.2.